The summed E-state index contributed by atoms with van der Waals surface area (Å²) in [4.78, 5) is 35.1. The molecule has 0 aliphatic carbocycles. The summed E-state index contributed by atoms with van der Waals surface area (Å²) in [7, 11) is 0. The lowest BCUT2D eigenvalue weighted by Crippen LogP contribution is -2.60. The quantitative estimate of drug-likeness (QED) is 0.486. The summed E-state index contributed by atoms with van der Waals surface area (Å²) in [5.74, 6) is -1.70. The predicted molar refractivity (Wildman–Crippen MR) is 97.6 cm³/mol. The molecule has 28 heavy (non-hydrogen) atoms. The van der Waals surface area contributed by atoms with Gasteiger partial charge in [-0.25, -0.2) is 0 Å². The fourth-order valence-corrected chi connectivity index (χ4v) is 2.96. The number of aldehydes is 1. The summed E-state index contributed by atoms with van der Waals surface area (Å²) in [6.45, 7) is 6.68. The highest BCUT2D eigenvalue weighted by Gasteiger charge is 2.51. The van der Waals surface area contributed by atoms with Crippen molar-refractivity contribution < 1.29 is 38.1 Å². The summed E-state index contributed by atoms with van der Waals surface area (Å²) in [6.07, 6.45) is -3.30. The number of carbonyl (C=O) groups is 3. The topological polar surface area (TPSA) is 97.4 Å². The van der Waals surface area contributed by atoms with Crippen LogP contribution in [0.1, 0.15) is 26.3 Å². The maximum atomic E-state index is 11.8. The van der Waals surface area contributed by atoms with Crippen LogP contribution in [0.25, 0.3) is 0 Å². The molecule has 0 amide bonds. The first-order valence-corrected chi connectivity index (χ1v) is 9.12. The van der Waals surface area contributed by atoms with Crippen LogP contribution in [-0.2, 0) is 33.3 Å². The van der Waals surface area contributed by atoms with Gasteiger partial charge in [0.2, 0.25) is 6.29 Å². The van der Waals surface area contributed by atoms with E-state index in [-0.39, 0.29) is 6.61 Å². The van der Waals surface area contributed by atoms with Crippen molar-refractivity contribution in [3.05, 3.63) is 29.8 Å². The molecule has 1 aliphatic heterocycles. The number of carbonyl (C=O) groups excluding carboxylic acids is 3. The van der Waals surface area contributed by atoms with Gasteiger partial charge in [0.25, 0.3) is 0 Å². The second-order valence-electron chi connectivity index (χ2n) is 6.49. The van der Waals surface area contributed by atoms with Crippen molar-refractivity contribution in [3.63, 3.8) is 0 Å². The van der Waals surface area contributed by atoms with E-state index in [0.29, 0.717) is 18.6 Å². The molecule has 0 radical (unpaired) electrons. The maximum Gasteiger partial charge on any atom is 0.303 e. The fourth-order valence-electron chi connectivity index (χ4n) is 2.96. The Morgan fingerprint density at radius 2 is 1.68 bits per heavy atom. The highest BCUT2D eigenvalue weighted by Crippen LogP contribution is 2.32. The molecule has 1 aromatic rings. The second kappa shape index (κ2) is 10.2. The molecule has 0 saturated carbocycles. The van der Waals surface area contributed by atoms with E-state index in [2.05, 4.69) is 0 Å². The normalized spacial score (nSPS) is 26.9. The molecule has 1 saturated heterocycles. The van der Waals surface area contributed by atoms with Crippen molar-refractivity contribution >= 4 is 18.2 Å². The van der Waals surface area contributed by atoms with E-state index < -0.39 is 42.5 Å². The average Bonchev–Trinajstić information content (AvgIpc) is 2.63. The van der Waals surface area contributed by atoms with Crippen LogP contribution in [0, 0.1) is 12.8 Å². The zero-order valence-corrected chi connectivity index (χ0v) is 16.5. The molecule has 0 spiro atoms. The van der Waals surface area contributed by atoms with Crippen LogP contribution in [-0.4, -0.2) is 56.0 Å². The maximum absolute atomic E-state index is 11.8. The summed E-state index contributed by atoms with van der Waals surface area (Å²) < 4.78 is 27.8. The van der Waals surface area contributed by atoms with Gasteiger partial charge in [-0.15, -0.1) is 0 Å². The van der Waals surface area contributed by atoms with Gasteiger partial charge in [-0.05, 0) is 26.0 Å². The Morgan fingerprint density at radius 1 is 1.07 bits per heavy atom. The Bertz CT molecular complexity index is 671. The molecule has 0 aromatic heterocycles. The molecule has 1 fully saturated rings. The first-order valence-electron chi connectivity index (χ1n) is 9.12. The highest BCUT2D eigenvalue weighted by atomic mass is 16.7. The molecule has 0 N–H and O–H groups in total. The van der Waals surface area contributed by atoms with Crippen molar-refractivity contribution in [1.29, 1.82) is 0 Å². The molecule has 154 valence electrons. The van der Waals surface area contributed by atoms with Gasteiger partial charge in [0, 0.05) is 20.5 Å². The molecule has 5 atom stereocenters. The van der Waals surface area contributed by atoms with Crippen molar-refractivity contribution in [2.45, 2.75) is 52.3 Å². The van der Waals surface area contributed by atoms with E-state index in [1.807, 2.05) is 26.0 Å². The Kier molecular flexibility index (Phi) is 7.95. The van der Waals surface area contributed by atoms with Crippen molar-refractivity contribution in [2.75, 3.05) is 13.2 Å². The standard InChI is InChI=1S/C20H26O8/c1-5-24-11-17-19(26-14(4)23)18(25-13(3)22)16(10-21)20(28-17)27-15-8-6-12(2)7-9-15/h6-10,16-20H,5,11H2,1-4H3/t16-,17?,18?,19?,20?/m1/s1. The Morgan fingerprint density at radius 3 is 2.21 bits per heavy atom. The average molecular weight is 394 g/mol. The monoisotopic (exact) mass is 394 g/mol. The number of aryl methyl sites for hydroxylation is 1. The lowest BCUT2D eigenvalue weighted by molar-refractivity contribution is -0.264. The van der Waals surface area contributed by atoms with Gasteiger partial charge < -0.3 is 28.5 Å². The third kappa shape index (κ3) is 5.77. The Hall–Kier alpha value is -2.45. The van der Waals surface area contributed by atoms with Crippen molar-refractivity contribution in [1.82, 2.24) is 0 Å². The van der Waals surface area contributed by atoms with Crippen LogP contribution in [0.15, 0.2) is 24.3 Å². The number of ether oxygens (including phenoxy) is 5. The minimum Gasteiger partial charge on any atom is -0.464 e. The van der Waals surface area contributed by atoms with Crippen molar-refractivity contribution in [2.24, 2.45) is 5.92 Å². The molecule has 8 nitrogen and oxygen atoms in total. The largest absolute Gasteiger partial charge is 0.464 e. The van der Waals surface area contributed by atoms with E-state index in [1.54, 1.807) is 12.1 Å². The molecule has 8 heteroatoms. The van der Waals surface area contributed by atoms with Gasteiger partial charge in [-0.2, -0.15) is 0 Å². The molecule has 1 heterocycles. The predicted octanol–water partition coefficient (Wildman–Crippen LogP) is 1.81. The molecule has 2 rings (SSSR count). The lowest BCUT2D eigenvalue weighted by Gasteiger charge is -2.43. The van der Waals surface area contributed by atoms with Gasteiger partial charge in [0.15, 0.2) is 12.2 Å². The first-order chi connectivity index (χ1) is 13.3. The van der Waals surface area contributed by atoms with Gasteiger partial charge >= 0.3 is 11.9 Å². The molecule has 4 unspecified atom stereocenters. The van der Waals surface area contributed by atoms with Crippen LogP contribution in [0.2, 0.25) is 0 Å². The molecular formula is C20H26O8. The van der Waals surface area contributed by atoms with Gasteiger partial charge in [0.1, 0.15) is 24.1 Å². The second-order valence-corrected chi connectivity index (χ2v) is 6.49. The zero-order chi connectivity index (χ0) is 20.7. The van der Waals surface area contributed by atoms with Crippen molar-refractivity contribution in [3.8, 4) is 5.75 Å². The number of hydrogen-bond donors (Lipinski definition) is 0. The van der Waals surface area contributed by atoms with Crippen LogP contribution < -0.4 is 4.74 Å². The summed E-state index contributed by atoms with van der Waals surface area (Å²) >= 11 is 0. The summed E-state index contributed by atoms with van der Waals surface area (Å²) in [6, 6.07) is 7.21. The smallest absolute Gasteiger partial charge is 0.303 e. The van der Waals surface area contributed by atoms with Crippen LogP contribution >= 0.6 is 0 Å². The Labute approximate surface area is 164 Å². The van der Waals surface area contributed by atoms with E-state index in [0.717, 1.165) is 5.56 Å². The van der Waals surface area contributed by atoms with Gasteiger partial charge in [-0.3, -0.25) is 9.59 Å². The highest BCUT2D eigenvalue weighted by molar-refractivity contribution is 5.68. The fraction of sp³-hybridized carbons (Fsp3) is 0.550. The van der Waals surface area contributed by atoms with E-state index in [9.17, 15) is 14.4 Å². The number of rotatable bonds is 8. The molecule has 1 aliphatic rings. The number of esters is 2. The Balaban J connectivity index is 2.33. The zero-order valence-electron chi connectivity index (χ0n) is 16.5. The van der Waals surface area contributed by atoms with Crippen LogP contribution in [0.5, 0.6) is 5.75 Å². The summed E-state index contributed by atoms with van der Waals surface area (Å²) in [5.41, 5.74) is 1.05. The number of hydrogen-bond acceptors (Lipinski definition) is 8. The SMILES string of the molecule is CCOCC1OC(Oc2ccc(C)cc2)[C@H](C=O)C(OC(C)=O)C1OC(C)=O. The first kappa shape index (κ1) is 21.8. The minimum absolute atomic E-state index is 0.0749. The molecular weight excluding hydrogens is 368 g/mol. The van der Waals surface area contributed by atoms with E-state index in [4.69, 9.17) is 23.7 Å². The van der Waals surface area contributed by atoms with E-state index >= 15 is 0 Å². The third-order valence-electron chi connectivity index (χ3n) is 4.21. The number of benzene rings is 1. The molecule has 1 aromatic carbocycles. The summed E-state index contributed by atoms with van der Waals surface area (Å²) in [5, 5.41) is 0. The van der Waals surface area contributed by atoms with Gasteiger partial charge in [-0.1, -0.05) is 17.7 Å². The molecule has 0 bridgehead atoms. The van der Waals surface area contributed by atoms with Crippen LogP contribution in [0.4, 0.5) is 0 Å². The lowest BCUT2D eigenvalue weighted by atomic mass is 9.91. The van der Waals surface area contributed by atoms with E-state index in [1.165, 1.54) is 13.8 Å². The van der Waals surface area contributed by atoms with Crippen LogP contribution in [0.3, 0.4) is 0 Å². The third-order valence-corrected chi connectivity index (χ3v) is 4.21. The minimum atomic E-state index is -1.06. The van der Waals surface area contributed by atoms with Gasteiger partial charge in [0.05, 0.1) is 6.61 Å².